The number of rotatable bonds is 5. The van der Waals surface area contributed by atoms with Crippen molar-refractivity contribution in [3.63, 3.8) is 0 Å². The predicted molar refractivity (Wildman–Crippen MR) is 81.1 cm³/mol. The molecule has 0 bridgehead atoms. The lowest BCUT2D eigenvalue weighted by molar-refractivity contribution is -0.113. The quantitative estimate of drug-likeness (QED) is 0.792. The van der Waals surface area contributed by atoms with Gasteiger partial charge in [-0.25, -0.2) is 4.98 Å². The number of ether oxygens (including phenoxy) is 2. The van der Waals surface area contributed by atoms with Crippen LogP contribution in [-0.4, -0.2) is 25.1 Å². The molecule has 0 aliphatic rings. The first-order valence-corrected chi connectivity index (χ1v) is 6.31. The normalized spacial score (nSPS) is 9.81. The number of nitrogens with zero attached hydrogens (tertiary/aromatic N) is 2. The fourth-order valence-corrected chi connectivity index (χ4v) is 1.91. The summed E-state index contributed by atoms with van der Waals surface area (Å²) in [6, 6.07) is 10.6. The Hall–Kier alpha value is -2.82. The van der Waals surface area contributed by atoms with Crippen LogP contribution in [-0.2, 0) is 4.79 Å². The maximum absolute atomic E-state index is 12.2. The van der Waals surface area contributed by atoms with Crippen molar-refractivity contribution >= 4 is 17.4 Å². The summed E-state index contributed by atoms with van der Waals surface area (Å²) >= 11 is 0. The first-order chi connectivity index (χ1) is 10.2. The summed E-state index contributed by atoms with van der Waals surface area (Å²) in [6.07, 6.45) is 2.87. The summed E-state index contributed by atoms with van der Waals surface area (Å²) in [5.74, 6) is 1.36. The molecule has 108 valence electrons. The van der Waals surface area contributed by atoms with Gasteiger partial charge in [0.05, 0.1) is 19.9 Å². The Kier molecular flexibility index (Phi) is 4.56. The largest absolute Gasteiger partial charge is 0.493 e. The van der Waals surface area contributed by atoms with Gasteiger partial charge in [0, 0.05) is 12.3 Å². The first kappa shape index (κ1) is 14.6. The third kappa shape index (κ3) is 3.02. The molecule has 1 amide bonds. The van der Waals surface area contributed by atoms with Crippen LogP contribution in [0.5, 0.6) is 11.5 Å². The summed E-state index contributed by atoms with van der Waals surface area (Å²) in [4.78, 5) is 17.8. The second-order valence-electron chi connectivity index (χ2n) is 4.10. The molecule has 0 atom stereocenters. The van der Waals surface area contributed by atoms with Crippen LogP contribution in [0.15, 0.2) is 55.3 Å². The van der Waals surface area contributed by atoms with Crippen molar-refractivity contribution in [2.45, 2.75) is 0 Å². The lowest BCUT2D eigenvalue weighted by Crippen LogP contribution is -2.24. The Bertz CT molecular complexity index is 641. The van der Waals surface area contributed by atoms with Crippen molar-refractivity contribution < 1.29 is 14.3 Å². The molecule has 21 heavy (non-hydrogen) atoms. The molecule has 0 saturated carbocycles. The Morgan fingerprint density at radius 2 is 1.95 bits per heavy atom. The highest BCUT2D eigenvalue weighted by Gasteiger charge is 2.18. The molecule has 2 rings (SSSR count). The van der Waals surface area contributed by atoms with Crippen molar-refractivity contribution in [3.8, 4) is 11.5 Å². The molecule has 1 heterocycles. The second kappa shape index (κ2) is 6.56. The average molecular weight is 284 g/mol. The molecule has 0 saturated heterocycles. The highest BCUT2D eigenvalue weighted by molar-refractivity contribution is 6.06. The second-order valence-corrected chi connectivity index (χ2v) is 4.10. The van der Waals surface area contributed by atoms with E-state index in [0.717, 1.165) is 0 Å². The molecule has 1 aromatic carbocycles. The number of hydrogen-bond acceptors (Lipinski definition) is 4. The van der Waals surface area contributed by atoms with Gasteiger partial charge < -0.3 is 9.47 Å². The van der Waals surface area contributed by atoms with E-state index in [-0.39, 0.29) is 5.91 Å². The molecule has 1 aromatic heterocycles. The highest BCUT2D eigenvalue weighted by Crippen LogP contribution is 2.34. The number of amides is 1. The molecular weight excluding hydrogens is 268 g/mol. The number of carbonyl (C=O) groups is 1. The number of carbonyl (C=O) groups excluding carboxylic acids is 1. The molecule has 0 radical (unpaired) electrons. The van der Waals surface area contributed by atoms with Crippen LogP contribution in [0.4, 0.5) is 11.5 Å². The van der Waals surface area contributed by atoms with Crippen LogP contribution in [0.1, 0.15) is 0 Å². The Labute approximate surface area is 123 Å². The van der Waals surface area contributed by atoms with Gasteiger partial charge in [-0.05, 0) is 30.3 Å². The smallest absolute Gasteiger partial charge is 0.256 e. The fourth-order valence-electron chi connectivity index (χ4n) is 1.91. The molecule has 0 aliphatic carbocycles. The van der Waals surface area contributed by atoms with Crippen molar-refractivity contribution in [3.05, 3.63) is 55.3 Å². The molecule has 5 heteroatoms. The minimum atomic E-state index is -0.277. The van der Waals surface area contributed by atoms with Gasteiger partial charge in [0.2, 0.25) is 0 Å². The zero-order valence-electron chi connectivity index (χ0n) is 11.9. The minimum absolute atomic E-state index is 0.277. The highest BCUT2D eigenvalue weighted by atomic mass is 16.5. The van der Waals surface area contributed by atoms with E-state index in [1.54, 1.807) is 50.7 Å². The number of hydrogen-bond donors (Lipinski definition) is 0. The standard InChI is InChI=1S/C16H16N2O3/c1-4-16(19)18(15-7-5-6-10-17-15)12-8-9-13(20-2)14(11-12)21-3/h4-11H,1H2,2-3H3. The van der Waals surface area contributed by atoms with Gasteiger partial charge >= 0.3 is 0 Å². The van der Waals surface area contributed by atoms with Crippen LogP contribution in [0.25, 0.3) is 0 Å². The van der Waals surface area contributed by atoms with E-state index in [1.165, 1.54) is 11.0 Å². The summed E-state index contributed by atoms with van der Waals surface area (Å²) in [6.45, 7) is 3.53. The molecular formula is C16H16N2O3. The van der Waals surface area contributed by atoms with E-state index in [0.29, 0.717) is 23.0 Å². The van der Waals surface area contributed by atoms with Crippen LogP contribution < -0.4 is 14.4 Å². The van der Waals surface area contributed by atoms with E-state index in [4.69, 9.17) is 9.47 Å². The first-order valence-electron chi connectivity index (χ1n) is 6.31. The van der Waals surface area contributed by atoms with Crippen molar-refractivity contribution in [2.75, 3.05) is 19.1 Å². The van der Waals surface area contributed by atoms with Crippen molar-refractivity contribution in [1.82, 2.24) is 4.98 Å². The van der Waals surface area contributed by atoms with Crippen molar-refractivity contribution in [2.24, 2.45) is 0 Å². The van der Waals surface area contributed by atoms with Gasteiger partial charge in [-0.2, -0.15) is 0 Å². The number of benzene rings is 1. The van der Waals surface area contributed by atoms with Gasteiger partial charge in [0.15, 0.2) is 11.5 Å². The van der Waals surface area contributed by atoms with E-state index in [1.807, 2.05) is 6.07 Å². The van der Waals surface area contributed by atoms with Gasteiger partial charge in [0.1, 0.15) is 5.82 Å². The van der Waals surface area contributed by atoms with Crippen LogP contribution in [0.2, 0.25) is 0 Å². The number of anilines is 2. The predicted octanol–water partition coefficient (Wildman–Crippen LogP) is 2.95. The maximum Gasteiger partial charge on any atom is 0.256 e. The zero-order chi connectivity index (χ0) is 15.2. The van der Waals surface area contributed by atoms with E-state index < -0.39 is 0 Å². The van der Waals surface area contributed by atoms with Crippen LogP contribution in [0.3, 0.4) is 0 Å². The molecule has 0 fully saturated rings. The summed E-state index contributed by atoms with van der Waals surface area (Å²) in [5, 5.41) is 0. The minimum Gasteiger partial charge on any atom is -0.493 e. The Morgan fingerprint density at radius 3 is 2.52 bits per heavy atom. The van der Waals surface area contributed by atoms with Gasteiger partial charge in [-0.1, -0.05) is 12.6 Å². The fraction of sp³-hybridized carbons (Fsp3) is 0.125. The number of methoxy groups -OCH3 is 2. The van der Waals surface area contributed by atoms with Gasteiger partial charge in [-0.3, -0.25) is 9.69 Å². The monoisotopic (exact) mass is 284 g/mol. The van der Waals surface area contributed by atoms with E-state index in [9.17, 15) is 4.79 Å². The summed E-state index contributed by atoms with van der Waals surface area (Å²) in [5.41, 5.74) is 0.622. The van der Waals surface area contributed by atoms with Crippen LogP contribution in [0, 0.1) is 0 Å². The van der Waals surface area contributed by atoms with Gasteiger partial charge in [-0.15, -0.1) is 0 Å². The SMILES string of the molecule is C=CC(=O)N(c1ccc(OC)c(OC)c1)c1ccccn1. The lowest BCUT2D eigenvalue weighted by atomic mass is 10.2. The summed E-state index contributed by atoms with van der Waals surface area (Å²) in [7, 11) is 3.10. The molecule has 2 aromatic rings. The molecule has 5 nitrogen and oxygen atoms in total. The third-order valence-corrected chi connectivity index (χ3v) is 2.90. The average Bonchev–Trinajstić information content (AvgIpc) is 2.55. The topological polar surface area (TPSA) is 51.7 Å². The molecule has 0 N–H and O–H groups in total. The maximum atomic E-state index is 12.2. The molecule has 0 unspecified atom stereocenters. The molecule has 0 spiro atoms. The van der Waals surface area contributed by atoms with Crippen molar-refractivity contribution in [1.29, 1.82) is 0 Å². The number of pyridine rings is 1. The van der Waals surface area contributed by atoms with E-state index >= 15 is 0 Å². The number of aromatic nitrogens is 1. The zero-order valence-corrected chi connectivity index (χ0v) is 11.9. The summed E-state index contributed by atoms with van der Waals surface area (Å²) < 4.78 is 10.5. The lowest BCUT2D eigenvalue weighted by Gasteiger charge is -2.21. The third-order valence-electron chi connectivity index (χ3n) is 2.90. The van der Waals surface area contributed by atoms with Crippen LogP contribution >= 0.6 is 0 Å². The molecule has 0 aliphatic heterocycles. The Morgan fingerprint density at radius 1 is 1.19 bits per heavy atom. The Balaban J connectivity index is 2.52. The van der Waals surface area contributed by atoms with Gasteiger partial charge in [0.25, 0.3) is 5.91 Å². The van der Waals surface area contributed by atoms with E-state index in [2.05, 4.69) is 11.6 Å².